The van der Waals surface area contributed by atoms with Crippen molar-refractivity contribution in [2.75, 3.05) is 10.2 Å². The van der Waals surface area contributed by atoms with Crippen LogP contribution >= 0.6 is 11.6 Å². The first-order valence-corrected chi connectivity index (χ1v) is 9.04. The van der Waals surface area contributed by atoms with Gasteiger partial charge in [-0.25, -0.2) is 9.78 Å². The fourth-order valence-corrected chi connectivity index (χ4v) is 3.28. The van der Waals surface area contributed by atoms with Crippen molar-refractivity contribution in [1.29, 1.82) is 0 Å². The third-order valence-corrected chi connectivity index (χ3v) is 4.76. The molecule has 3 N–H and O–H groups in total. The lowest BCUT2D eigenvalue weighted by Crippen LogP contribution is -2.45. The maximum absolute atomic E-state index is 12.8. The summed E-state index contributed by atoms with van der Waals surface area (Å²) in [6, 6.07) is 6.87. The van der Waals surface area contributed by atoms with Gasteiger partial charge in [0.25, 0.3) is 5.91 Å². The molecule has 3 rings (SSSR count). The number of carboxylic acid groups (broad SMARTS) is 1. The van der Waals surface area contributed by atoms with Crippen LogP contribution in [0.25, 0.3) is 11.0 Å². The van der Waals surface area contributed by atoms with Gasteiger partial charge in [0.2, 0.25) is 0 Å². The van der Waals surface area contributed by atoms with Gasteiger partial charge in [-0.3, -0.25) is 9.69 Å². The molecule has 0 atom stereocenters. The molecular weight excluding hydrogens is 380 g/mol. The molecule has 2 amide bonds. The summed E-state index contributed by atoms with van der Waals surface area (Å²) in [4.78, 5) is 32.9. The van der Waals surface area contributed by atoms with Crippen molar-refractivity contribution >= 4 is 46.0 Å². The number of aromatic amines is 1. The van der Waals surface area contributed by atoms with Crippen LogP contribution in [0.3, 0.4) is 0 Å². The zero-order valence-electron chi connectivity index (χ0n) is 16.0. The number of carbonyl (C=O) groups excluding carboxylic acids is 1. The molecule has 7 nitrogen and oxygen atoms in total. The minimum Gasteiger partial charge on any atom is -0.465 e. The Bertz CT molecular complexity index is 1070. The molecule has 0 bridgehead atoms. The molecule has 2 heterocycles. The average molecular weight is 401 g/mol. The number of benzene rings is 1. The lowest BCUT2D eigenvalue weighted by molar-refractivity contribution is 0.102. The Hall–Kier alpha value is -3.06. The van der Waals surface area contributed by atoms with Gasteiger partial charge >= 0.3 is 6.09 Å². The van der Waals surface area contributed by atoms with Gasteiger partial charge in [0, 0.05) is 34.7 Å². The number of amides is 2. The van der Waals surface area contributed by atoms with E-state index in [1.54, 1.807) is 51.2 Å². The number of halogens is 1. The van der Waals surface area contributed by atoms with E-state index in [-0.39, 0.29) is 5.56 Å². The molecule has 8 heteroatoms. The molecule has 0 aliphatic carbocycles. The topological polar surface area (TPSA) is 98.3 Å². The van der Waals surface area contributed by atoms with Crippen molar-refractivity contribution in [1.82, 2.24) is 9.97 Å². The minimum absolute atomic E-state index is 0.240. The SMILES string of the molecule is Cc1ccc(N(C(=O)O)C(C)(C)C)cc1NC(=O)c1cnc2[nH]ccc2c1Cl. The standard InChI is InChI=1S/C20H21ClN4O3/c1-11-5-6-12(25(19(27)28)20(2,3)4)9-15(11)24-18(26)14-10-23-17-13(16(14)21)7-8-22-17/h5-10H,1-4H3,(H,22,23)(H,24,26)(H,27,28). The molecule has 0 saturated carbocycles. The summed E-state index contributed by atoms with van der Waals surface area (Å²) >= 11 is 6.36. The van der Waals surface area contributed by atoms with Gasteiger partial charge < -0.3 is 15.4 Å². The van der Waals surface area contributed by atoms with Gasteiger partial charge in [-0.05, 0) is 51.5 Å². The highest BCUT2D eigenvalue weighted by Crippen LogP contribution is 2.30. The number of rotatable bonds is 3. The van der Waals surface area contributed by atoms with E-state index in [0.717, 1.165) is 5.56 Å². The highest BCUT2D eigenvalue weighted by atomic mass is 35.5. The smallest absolute Gasteiger partial charge is 0.412 e. The largest absolute Gasteiger partial charge is 0.465 e. The Kier molecular flexibility index (Phi) is 5.04. The first kappa shape index (κ1) is 19.7. The molecule has 0 unspecified atom stereocenters. The Balaban J connectivity index is 1.96. The van der Waals surface area contributed by atoms with Gasteiger partial charge in [0.15, 0.2) is 0 Å². The second kappa shape index (κ2) is 7.16. The molecule has 1 aromatic carbocycles. The van der Waals surface area contributed by atoms with Crippen molar-refractivity contribution in [2.24, 2.45) is 0 Å². The molecule has 0 radical (unpaired) electrons. The maximum Gasteiger partial charge on any atom is 0.412 e. The van der Waals surface area contributed by atoms with Crippen LogP contribution in [0, 0.1) is 6.92 Å². The zero-order valence-corrected chi connectivity index (χ0v) is 16.8. The number of nitrogens with one attached hydrogen (secondary N) is 2. The van der Waals surface area contributed by atoms with Crippen LogP contribution in [-0.2, 0) is 0 Å². The molecule has 3 aromatic rings. The van der Waals surface area contributed by atoms with Crippen LogP contribution in [0.15, 0.2) is 36.7 Å². The maximum atomic E-state index is 12.8. The third kappa shape index (κ3) is 3.66. The first-order valence-electron chi connectivity index (χ1n) is 8.66. The Morgan fingerprint density at radius 3 is 2.61 bits per heavy atom. The molecule has 0 aliphatic rings. The van der Waals surface area contributed by atoms with Crippen LogP contribution in [-0.4, -0.2) is 32.6 Å². The molecule has 0 saturated heterocycles. The average Bonchev–Trinajstić information content (AvgIpc) is 3.06. The van der Waals surface area contributed by atoms with E-state index in [4.69, 9.17) is 11.6 Å². The third-order valence-electron chi connectivity index (χ3n) is 4.36. The van der Waals surface area contributed by atoms with Crippen LogP contribution in [0.2, 0.25) is 5.02 Å². The summed E-state index contributed by atoms with van der Waals surface area (Å²) in [6.07, 6.45) is 2.04. The van der Waals surface area contributed by atoms with Crippen LogP contribution < -0.4 is 10.2 Å². The van der Waals surface area contributed by atoms with E-state index >= 15 is 0 Å². The number of hydrogen-bond acceptors (Lipinski definition) is 3. The van der Waals surface area contributed by atoms with Crippen LogP contribution in [0.1, 0.15) is 36.7 Å². The Morgan fingerprint density at radius 1 is 1.25 bits per heavy atom. The predicted octanol–water partition coefficient (Wildman–Crippen LogP) is 5.06. The fourth-order valence-electron chi connectivity index (χ4n) is 2.99. The molecule has 146 valence electrons. The number of H-pyrrole nitrogens is 1. The zero-order chi connectivity index (χ0) is 20.6. The normalized spacial score (nSPS) is 11.5. The van der Waals surface area contributed by atoms with Gasteiger partial charge in [-0.15, -0.1) is 0 Å². The van der Waals surface area contributed by atoms with E-state index in [1.165, 1.54) is 11.1 Å². The monoisotopic (exact) mass is 400 g/mol. The van der Waals surface area contributed by atoms with Crippen molar-refractivity contribution in [2.45, 2.75) is 33.2 Å². The summed E-state index contributed by atoms with van der Waals surface area (Å²) in [5.41, 5.74) is 1.96. The highest BCUT2D eigenvalue weighted by Gasteiger charge is 2.28. The lowest BCUT2D eigenvalue weighted by Gasteiger charge is -2.33. The molecule has 2 aromatic heterocycles. The predicted molar refractivity (Wildman–Crippen MR) is 110 cm³/mol. The second-order valence-corrected chi connectivity index (χ2v) is 7.85. The summed E-state index contributed by atoms with van der Waals surface area (Å²) in [6.45, 7) is 7.24. The molecule has 0 aliphatic heterocycles. The van der Waals surface area contributed by atoms with Gasteiger partial charge in [0.05, 0.1) is 10.6 Å². The summed E-state index contributed by atoms with van der Waals surface area (Å²) in [5, 5.41) is 13.4. The van der Waals surface area contributed by atoms with Crippen molar-refractivity contribution in [3.05, 3.63) is 52.8 Å². The number of nitrogens with zero attached hydrogens (tertiary/aromatic N) is 2. The Labute approximate surface area is 167 Å². The van der Waals surface area contributed by atoms with Crippen molar-refractivity contribution in [3.63, 3.8) is 0 Å². The van der Waals surface area contributed by atoms with Crippen LogP contribution in [0.5, 0.6) is 0 Å². The van der Waals surface area contributed by atoms with E-state index < -0.39 is 17.5 Å². The number of carbonyl (C=O) groups is 2. The van der Waals surface area contributed by atoms with E-state index in [9.17, 15) is 14.7 Å². The molecule has 0 spiro atoms. The first-order chi connectivity index (χ1) is 13.1. The quantitative estimate of drug-likeness (QED) is 0.572. The number of hydrogen-bond donors (Lipinski definition) is 3. The number of aromatic nitrogens is 2. The lowest BCUT2D eigenvalue weighted by atomic mass is 10.0. The van der Waals surface area contributed by atoms with Gasteiger partial charge in [-0.1, -0.05) is 17.7 Å². The fraction of sp³-hybridized carbons (Fsp3) is 0.250. The highest BCUT2D eigenvalue weighted by molar-refractivity contribution is 6.38. The number of aryl methyl sites for hydroxylation is 1. The number of pyridine rings is 1. The Morgan fingerprint density at radius 2 is 1.96 bits per heavy atom. The van der Waals surface area contributed by atoms with Gasteiger partial charge in [0.1, 0.15) is 5.65 Å². The molecule has 0 fully saturated rings. The number of anilines is 2. The van der Waals surface area contributed by atoms with E-state index in [2.05, 4.69) is 15.3 Å². The van der Waals surface area contributed by atoms with E-state index in [0.29, 0.717) is 27.4 Å². The van der Waals surface area contributed by atoms with Crippen molar-refractivity contribution in [3.8, 4) is 0 Å². The van der Waals surface area contributed by atoms with Crippen LogP contribution in [0.4, 0.5) is 16.2 Å². The molecule has 28 heavy (non-hydrogen) atoms. The van der Waals surface area contributed by atoms with Crippen molar-refractivity contribution < 1.29 is 14.7 Å². The minimum atomic E-state index is -1.07. The second-order valence-electron chi connectivity index (χ2n) is 7.47. The summed E-state index contributed by atoms with van der Waals surface area (Å²) < 4.78 is 0. The summed E-state index contributed by atoms with van der Waals surface area (Å²) in [5.74, 6) is -0.418. The summed E-state index contributed by atoms with van der Waals surface area (Å²) in [7, 11) is 0. The number of fused-ring (bicyclic) bond motifs is 1. The van der Waals surface area contributed by atoms with E-state index in [1.807, 2.05) is 6.92 Å². The molecular formula is C20H21ClN4O3. The van der Waals surface area contributed by atoms with Gasteiger partial charge in [-0.2, -0.15) is 0 Å².